The molecule has 1 aromatic rings. The van der Waals surface area contributed by atoms with E-state index in [1.807, 2.05) is 26.4 Å². The van der Waals surface area contributed by atoms with E-state index in [1.165, 1.54) is 0 Å². The molecule has 0 aromatic carbocycles. The summed E-state index contributed by atoms with van der Waals surface area (Å²) in [5.41, 5.74) is 1.09. The molecule has 8 nitrogen and oxygen atoms in total. The summed E-state index contributed by atoms with van der Waals surface area (Å²) in [6.45, 7) is 5.83. The predicted octanol–water partition coefficient (Wildman–Crippen LogP) is -0.331. The number of carbonyl (C=O) groups excluding carboxylic acids is 1. The first-order chi connectivity index (χ1) is 13.0. The van der Waals surface area contributed by atoms with Crippen LogP contribution in [0.3, 0.4) is 0 Å². The van der Waals surface area contributed by atoms with Gasteiger partial charge in [0.25, 0.3) is 0 Å². The molecule has 0 radical (unpaired) electrons. The number of likely N-dealkylation sites (tertiary alicyclic amines) is 1. The van der Waals surface area contributed by atoms with Gasteiger partial charge in [0.15, 0.2) is 0 Å². The van der Waals surface area contributed by atoms with Crippen LogP contribution in [0.15, 0.2) is 12.4 Å². The van der Waals surface area contributed by atoms with Crippen molar-refractivity contribution >= 4 is 5.91 Å². The molecule has 2 aliphatic rings. The first-order valence-corrected chi connectivity index (χ1v) is 9.73. The summed E-state index contributed by atoms with van der Waals surface area (Å²) < 4.78 is 12.0. The third kappa shape index (κ3) is 5.51. The Kier molecular flexibility index (Phi) is 6.86. The Morgan fingerprint density at radius 2 is 2.15 bits per heavy atom. The van der Waals surface area contributed by atoms with Crippen molar-refractivity contribution in [1.82, 2.24) is 20.0 Å². The van der Waals surface area contributed by atoms with E-state index in [0.717, 1.165) is 18.7 Å². The number of rotatable bonds is 11. The van der Waals surface area contributed by atoms with E-state index in [4.69, 9.17) is 9.47 Å². The van der Waals surface area contributed by atoms with Crippen molar-refractivity contribution in [3.8, 4) is 0 Å². The van der Waals surface area contributed by atoms with Gasteiger partial charge in [-0.2, -0.15) is 5.10 Å². The number of nitrogens with one attached hydrogen (secondary N) is 1. The largest absolute Gasteiger partial charge is 0.389 e. The smallest absolute Gasteiger partial charge is 0.223 e. The van der Waals surface area contributed by atoms with E-state index in [0.29, 0.717) is 50.7 Å². The summed E-state index contributed by atoms with van der Waals surface area (Å²) in [7, 11) is 3.51. The first kappa shape index (κ1) is 20.3. The minimum absolute atomic E-state index is 0.0577. The lowest BCUT2D eigenvalue weighted by molar-refractivity contribution is -0.124. The highest BCUT2D eigenvalue weighted by atomic mass is 16.5. The second kappa shape index (κ2) is 9.14. The highest BCUT2D eigenvalue weighted by Gasteiger charge is 2.56. The zero-order chi connectivity index (χ0) is 19.4. The van der Waals surface area contributed by atoms with Gasteiger partial charge in [0.1, 0.15) is 0 Å². The molecule has 1 aliphatic heterocycles. The Morgan fingerprint density at radius 1 is 1.41 bits per heavy atom. The number of aliphatic hydroxyl groups excluding tert-OH is 1. The van der Waals surface area contributed by atoms with Gasteiger partial charge in [0.05, 0.1) is 32.1 Å². The summed E-state index contributed by atoms with van der Waals surface area (Å²) in [6.07, 6.45) is 4.01. The second-order valence-corrected chi connectivity index (χ2v) is 7.93. The van der Waals surface area contributed by atoms with Crippen LogP contribution in [0.25, 0.3) is 0 Å². The van der Waals surface area contributed by atoms with Crippen molar-refractivity contribution in [3.05, 3.63) is 18.0 Å². The molecule has 152 valence electrons. The molecule has 1 saturated carbocycles. The van der Waals surface area contributed by atoms with Crippen LogP contribution in [-0.2, 0) is 27.7 Å². The fourth-order valence-electron chi connectivity index (χ4n) is 4.02. The van der Waals surface area contributed by atoms with Crippen molar-refractivity contribution in [3.63, 3.8) is 0 Å². The number of aromatic nitrogens is 2. The molecular formula is C19H32N4O4. The lowest BCUT2D eigenvalue weighted by Crippen LogP contribution is -2.40. The molecule has 1 aromatic heterocycles. The first-order valence-electron chi connectivity index (χ1n) is 9.73. The van der Waals surface area contributed by atoms with Gasteiger partial charge in [-0.15, -0.1) is 0 Å². The Morgan fingerprint density at radius 3 is 2.78 bits per heavy atom. The zero-order valence-electron chi connectivity index (χ0n) is 16.5. The van der Waals surface area contributed by atoms with Gasteiger partial charge in [-0.1, -0.05) is 6.92 Å². The third-order valence-electron chi connectivity index (χ3n) is 5.54. The van der Waals surface area contributed by atoms with Crippen LogP contribution in [0.1, 0.15) is 12.5 Å². The summed E-state index contributed by atoms with van der Waals surface area (Å²) >= 11 is 0. The van der Waals surface area contributed by atoms with E-state index in [1.54, 1.807) is 11.8 Å². The monoisotopic (exact) mass is 380 g/mol. The molecule has 3 rings (SSSR count). The third-order valence-corrected chi connectivity index (χ3v) is 5.54. The molecule has 27 heavy (non-hydrogen) atoms. The molecule has 2 fully saturated rings. The van der Waals surface area contributed by atoms with Gasteiger partial charge < -0.3 is 19.9 Å². The average Bonchev–Trinajstić information content (AvgIpc) is 2.97. The molecule has 1 amide bonds. The minimum atomic E-state index is -0.480. The minimum Gasteiger partial charge on any atom is -0.389 e. The normalized spacial score (nSPS) is 26.6. The van der Waals surface area contributed by atoms with Crippen molar-refractivity contribution in [1.29, 1.82) is 0 Å². The van der Waals surface area contributed by atoms with Gasteiger partial charge in [-0.05, 0) is 23.8 Å². The van der Waals surface area contributed by atoms with Gasteiger partial charge in [0, 0.05) is 51.9 Å². The van der Waals surface area contributed by atoms with Crippen LogP contribution < -0.4 is 5.32 Å². The maximum absolute atomic E-state index is 12.4. The van der Waals surface area contributed by atoms with Crippen molar-refractivity contribution in [2.24, 2.45) is 24.8 Å². The topological polar surface area (TPSA) is 88.8 Å². The van der Waals surface area contributed by atoms with Crippen LogP contribution in [0, 0.1) is 17.8 Å². The predicted molar refractivity (Wildman–Crippen MR) is 100 cm³/mol. The number of piperidine rings is 1. The average molecular weight is 380 g/mol. The molecule has 3 unspecified atom stereocenters. The zero-order valence-corrected chi connectivity index (χ0v) is 16.5. The van der Waals surface area contributed by atoms with Crippen LogP contribution in [0.2, 0.25) is 0 Å². The second-order valence-electron chi connectivity index (χ2n) is 7.93. The van der Waals surface area contributed by atoms with Crippen molar-refractivity contribution in [2.45, 2.75) is 25.5 Å². The number of hydrogen-bond acceptors (Lipinski definition) is 6. The SMILES string of the molecule is COCCOCC(O)CN1C[C@@H]2C(NC(=O)C(C)Cc3cnn(C)c3)[C@@H]2C1. The summed E-state index contributed by atoms with van der Waals surface area (Å²) in [4.78, 5) is 14.7. The van der Waals surface area contributed by atoms with Gasteiger partial charge in [-0.3, -0.25) is 14.4 Å². The summed E-state index contributed by atoms with van der Waals surface area (Å²) in [5.74, 6) is 1.09. The van der Waals surface area contributed by atoms with Gasteiger partial charge in [0.2, 0.25) is 5.91 Å². The van der Waals surface area contributed by atoms with Gasteiger partial charge in [-0.25, -0.2) is 0 Å². The maximum Gasteiger partial charge on any atom is 0.223 e. The number of aryl methyl sites for hydroxylation is 1. The van der Waals surface area contributed by atoms with Crippen molar-refractivity contribution < 1.29 is 19.4 Å². The molecule has 5 atom stereocenters. The molecule has 1 saturated heterocycles. The lowest BCUT2D eigenvalue weighted by Gasteiger charge is -2.23. The number of nitrogens with zero attached hydrogens (tertiary/aromatic N) is 3. The van der Waals surface area contributed by atoms with E-state index in [9.17, 15) is 9.90 Å². The molecule has 2 heterocycles. The number of ether oxygens (including phenoxy) is 2. The Bertz CT molecular complexity index is 611. The van der Waals surface area contributed by atoms with Crippen LogP contribution in [0.4, 0.5) is 0 Å². The Balaban J connectivity index is 1.32. The Hall–Kier alpha value is -1.48. The highest BCUT2D eigenvalue weighted by molar-refractivity contribution is 5.79. The number of β-amino-alcohol motifs (C(OH)–C–C–N with tert-alkyl or cyclic N) is 1. The van der Waals surface area contributed by atoms with Crippen LogP contribution in [0.5, 0.6) is 0 Å². The summed E-state index contributed by atoms with van der Waals surface area (Å²) in [5, 5.41) is 17.4. The number of amides is 1. The molecule has 1 aliphatic carbocycles. The fourth-order valence-corrected chi connectivity index (χ4v) is 4.02. The molecule has 0 bridgehead atoms. The van der Waals surface area contributed by atoms with Crippen LogP contribution >= 0.6 is 0 Å². The highest BCUT2D eigenvalue weighted by Crippen LogP contribution is 2.45. The van der Waals surface area contributed by atoms with E-state index in [-0.39, 0.29) is 11.8 Å². The lowest BCUT2D eigenvalue weighted by atomic mass is 10.0. The maximum atomic E-state index is 12.4. The number of fused-ring (bicyclic) bond motifs is 1. The molecular weight excluding hydrogens is 348 g/mol. The van der Waals surface area contributed by atoms with E-state index in [2.05, 4.69) is 15.3 Å². The molecule has 0 spiro atoms. The fraction of sp³-hybridized carbons (Fsp3) is 0.789. The Labute approximate surface area is 160 Å². The molecule has 2 N–H and O–H groups in total. The van der Waals surface area contributed by atoms with Crippen LogP contribution in [-0.4, -0.2) is 84.4 Å². The number of aliphatic hydroxyl groups is 1. The van der Waals surface area contributed by atoms with E-state index < -0.39 is 6.10 Å². The number of hydrogen-bond donors (Lipinski definition) is 2. The molecule has 8 heteroatoms. The standard InChI is InChI=1S/C19H32N4O4/c1-13(6-14-7-20-22(2)8-14)19(25)21-18-16-10-23(11-17(16)18)9-15(24)12-27-5-4-26-3/h7-8,13,15-18,24H,4-6,9-12H2,1-3H3,(H,21,25)/t13?,15?,16-,17+,18?. The van der Waals surface area contributed by atoms with Crippen molar-refractivity contribution in [2.75, 3.05) is 46.6 Å². The van der Waals surface area contributed by atoms with Gasteiger partial charge >= 0.3 is 0 Å². The number of carbonyl (C=O) groups is 1. The summed E-state index contributed by atoms with van der Waals surface area (Å²) in [6, 6.07) is 0.292. The number of methoxy groups -OCH3 is 1. The van der Waals surface area contributed by atoms with E-state index >= 15 is 0 Å². The quantitative estimate of drug-likeness (QED) is 0.511.